The molecule has 0 aliphatic carbocycles. The van der Waals surface area contributed by atoms with Crippen molar-refractivity contribution in [3.63, 3.8) is 0 Å². The highest BCUT2D eigenvalue weighted by Crippen LogP contribution is 2.39. The standard InChI is InChI=1S/C23H15FO4/c1-14-19(28-23(26)16-8-5-9-17(24)13-16)11-10-18-21(25)20(27-22(14)18)12-15-6-3-2-4-7-15/h2-13H,1H3/b20-12-. The van der Waals surface area contributed by atoms with E-state index < -0.39 is 11.8 Å². The van der Waals surface area contributed by atoms with E-state index in [0.717, 1.165) is 11.6 Å². The molecule has 0 saturated heterocycles. The number of carbonyl (C=O) groups is 2. The van der Waals surface area contributed by atoms with Crippen molar-refractivity contribution in [2.45, 2.75) is 6.92 Å². The van der Waals surface area contributed by atoms with Crippen molar-refractivity contribution in [3.8, 4) is 11.5 Å². The Morgan fingerprint density at radius 1 is 1.04 bits per heavy atom. The highest BCUT2D eigenvalue weighted by molar-refractivity contribution is 6.15. The lowest BCUT2D eigenvalue weighted by Gasteiger charge is -2.10. The molecule has 3 aromatic carbocycles. The van der Waals surface area contributed by atoms with Gasteiger partial charge in [0.25, 0.3) is 0 Å². The van der Waals surface area contributed by atoms with Gasteiger partial charge in [-0.3, -0.25) is 4.79 Å². The molecule has 3 aromatic rings. The molecular formula is C23H15FO4. The summed E-state index contributed by atoms with van der Waals surface area (Å²) in [6, 6.07) is 17.7. The number of ketones is 1. The summed E-state index contributed by atoms with van der Waals surface area (Å²) in [5, 5.41) is 0. The van der Waals surface area contributed by atoms with Crippen LogP contribution in [0.5, 0.6) is 11.5 Å². The summed E-state index contributed by atoms with van der Waals surface area (Å²) in [5.74, 6) is -0.627. The summed E-state index contributed by atoms with van der Waals surface area (Å²) in [5.41, 5.74) is 1.87. The minimum atomic E-state index is -0.688. The Morgan fingerprint density at radius 2 is 1.82 bits per heavy atom. The number of benzene rings is 3. The predicted molar refractivity (Wildman–Crippen MR) is 102 cm³/mol. The number of Topliss-reactive ketones (excluding diaryl/α,β-unsaturated/α-hetero) is 1. The molecule has 0 N–H and O–H groups in total. The van der Waals surface area contributed by atoms with Gasteiger partial charge in [0.15, 0.2) is 5.76 Å². The average Bonchev–Trinajstić information content (AvgIpc) is 3.01. The molecule has 0 radical (unpaired) electrons. The third-order valence-electron chi connectivity index (χ3n) is 4.40. The molecule has 0 saturated carbocycles. The largest absolute Gasteiger partial charge is 0.452 e. The zero-order valence-corrected chi connectivity index (χ0v) is 14.9. The van der Waals surface area contributed by atoms with Crippen molar-refractivity contribution in [1.29, 1.82) is 0 Å². The molecule has 0 atom stereocenters. The summed E-state index contributed by atoms with van der Waals surface area (Å²) >= 11 is 0. The van der Waals surface area contributed by atoms with Crippen LogP contribution in [-0.2, 0) is 0 Å². The SMILES string of the molecule is Cc1c(OC(=O)c2cccc(F)c2)ccc2c1O/C(=C\c1ccccc1)C2=O. The fraction of sp³-hybridized carbons (Fsp3) is 0.0435. The number of carbonyl (C=O) groups excluding carboxylic acids is 2. The van der Waals surface area contributed by atoms with Gasteiger partial charge in [-0.25, -0.2) is 9.18 Å². The van der Waals surface area contributed by atoms with Crippen molar-refractivity contribution in [3.05, 3.63) is 101 Å². The Morgan fingerprint density at radius 3 is 2.57 bits per heavy atom. The van der Waals surface area contributed by atoms with Gasteiger partial charge in [-0.2, -0.15) is 0 Å². The van der Waals surface area contributed by atoms with Crippen LogP contribution in [0, 0.1) is 12.7 Å². The summed E-state index contributed by atoms with van der Waals surface area (Å²) in [6.45, 7) is 1.70. The van der Waals surface area contributed by atoms with Crippen molar-refractivity contribution in [2.75, 3.05) is 0 Å². The van der Waals surface area contributed by atoms with E-state index in [1.54, 1.807) is 19.1 Å². The molecule has 0 bridgehead atoms. The van der Waals surface area contributed by atoms with E-state index in [9.17, 15) is 14.0 Å². The zero-order chi connectivity index (χ0) is 19.7. The van der Waals surface area contributed by atoms with Gasteiger partial charge in [0, 0.05) is 5.56 Å². The van der Waals surface area contributed by atoms with Gasteiger partial charge in [0.2, 0.25) is 5.78 Å². The summed E-state index contributed by atoms with van der Waals surface area (Å²) in [7, 11) is 0. The van der Waals surface area contributed by atoms with Crippen molar-refractivity contribution < 1.29 is 23.5 Å². The van der Waals surface area contributed by atoms with Crippen LogP contribution in [0.3, 0.4) is 0 Å². The van der Waals surface area contributed by atoms with Crippen LogP contribution in [0.25, 0.3) is 6.08 Å². The van der Waals surface area contributed by atoms with Gasteiger partial charge >= 0.3 is 5.97 Å². The normalized spacial score (nSPS) is 13.9. The highest BCUT2D eigenvalue weighted by atomic mass is 19.1. The molecule has 5 heteroatoms. The molecule has 138 valence electrons. The fourth-order valence-corrected chi connectivity index (χ4v) is 2.95. The number of esters is 1. The number of halogens is 1. The predicted octanol–water partition coefficient (Wildman–Crippen LogP) is 4.97. The number of hydrogen-bond acceptors (Lipinski definition) is 4. The van der Waals surface area contributed by atoms with Crippen LogP contribution in [0.4, 0.5) is 4.39 Å². The number of rotatable bonds is 3. The summed E-state index contributed by atoms with van der Waals surface area (Å²) in [4.78, 5) is 24.9. The van der Waals surface area contributed by atoms with E-state index >= 15 is 0 Å². The monoisotopic (exact) mass is 374 g/mol. The van der Waals surface area contributed by atoms with E-state index in [2.05, 4.69) is 0 Å². The average molecular weight is 374 g/mol. The first-order valence-corrected chi connectivity index (χ1v) is 8.63. The molecule has 1 aliphatic rings. The van der Waals surface area contributed by atoms with Crippen LogP contribution in [0.1, 0.15) is 31.8 Å². The summed E-state index contributed by atoms with van der Waals surface area (Å²) in [6.07, 6.45) is 1.67. The minimum absolute atomic E-state index is 0.0987. The van der Waals surface area contributed by atoms with E-state index in [-0.39, 0.29) is 22.9 Å². The van der Waals surface area contributed by atoms with Gasteiger partial charge < -0.3 is 9.47 Å². The van der Waals surface area contributed by atoms with E-state index in [1.165, 1.54) is 24.3 Å². The van der Waals surface area contributed by atoms with E-state index in [0.29, 0.717) is 16.9 Å². The maximum Gasteiger partial charge on any atom is 0.343 e. The lowest BCUT2D eigenvalue weighted by molar-refractivity contribution is 0.0732. The molecule has 0 amide bonds. The minimum Gasteiger partial charge on any atom is -0.452 e. The molecule has 0 fully saturated rings. The molecule has 1 heterocycles. The fourth-order valence-electron chi connectivity index (χ4n) is 2.95. The number of ether oxygens (including phenoxy) is 2. The van der Waals surface area contributed by atoms with Crippen molar-refractivity contribution in [1.82, 2.24) is 0 Å². The van der Waals surface area contributed by atoms with Gasteiger partial charge in [-0.15, -0.1) is 0 Å². The van der Waals surface area contributed by atoms with Gasteiger partial charge in [0.05, 0.1) is 11.1 Å². The van der Waals surface area contributed by atoms with Crippen LogP contribution < -0.4 is 9.47 Å². The second-order valence-electron chi connectivity index (χ2n) is 6.32. The molecule has 4 rings (SSSR count). The van der Waals surface area contributed by atoms with Crippen molar-refractivity contribution >= 4 is 17.8 Å². The molecule has 0 spiro atoms. The first kappa shape index (κ1) is 17.7. The Bertz CT molecular complexity index is 1120. The van der Waals surface area contributed by atoms with Gasteiger partial charge in [-0.05, 0) is 48.9 Å². The van der Waals surface area contributed by atoms with Gasteiger partial charge in [-0.1, -0.05) is 36.4 Å². The van der Waals surface area contributed by atoms with Crippen molar-refractivity contribution in [2.24, 2.45) is 0 Å². The third kappa shape index (κ3) is 3.30. The quantitative estimate of drug-likeness (QED) is 0.369. The third-order valence-corrected chi connectivity index (χ3v) is 4.40. The van der Waals surface area contributed by atoms with Crippen LogP contribution in [0.2, 0.25) is 0 Å². The molecule has 1 aliphatic heterocycles. The number of hydrogen-bond donors (Lipinski definition) is 0. The van der Waals surface area contributed by atoms with E-state index in [1.807, 2.05) is 30.3 Å². The van der Waals surface area contributed by atoms with Crippen LogP contribution >= 0.6 is 0 Å². The second kappa shape index (κ2) is 7.12. The number of fused-ring (bicyclic) bond motifs is 1. The first-order valence-electron chi connectivity index (χ1n) is 8.63. The Kier molecular flexibility index (Phi) is 4.49. The highest BCUT2D eigenvalue weighted by Gasteiger charge is 2.30. The summed E-state index contributed by atoms with van der Waals surface area (Å²) < 4.78 is 24.5. The molecule has 0 unspecified atom stereocenters. The van der Waals surface area contributed by atoms with E-state index in [4.69, 9.17) is 9.47 Å². The zero-order valence-electron chi connectivity index (χ0n) is 14.9. The smallest absolute Gasteiger partial charge is 0.343 e. The Labute approximate surface area is 160 Å². The topological polar surface area (TPSA) is 52.6 Å². The molecule has 4 nitrogen and oxygen atoms in total. The van der Waals surface area contributed by atoms with Gasteiger partial charge in [0.1, 0.15) is 17.3 Å². The molecule has 28 heavy (non-hydrogen) atoms. The number of allylic oxidation sites excluding steroid dienone is 1. The molecule has 0 aromatic heterocycles. The lowest BCUT2D eigenvalue weighted by Crippen LogP contribution is -2.09. The maximum absolute atomic E-state index is 13.3. The first-order chi connectivity index (χ1) is 13.5. The Hall–Kier alpha value is -3.73. The Balaban J connectivity index is 1.62. The second-order valence-corrected chi connectivity index (χ2v) is 6.32. The lowest BCUT2D eigenvalue weighted by atomic mass is 10.1. The van der Waals surface area contributed by atoms with Crippen LogP contribution in [0.15, 0.2) is 72.5 Å². The maximum atomic E-state index is 13.3. The van der Waals surface area contributed by atoms with Crippen LogP contribution in [-0.4, -0.2) is 11.8 Å². The molecular weight excluding hydrogens is 359 g/mol.